The maximum absolute atomic E-state index is 12.1. The molecule has 0 bridgehead atoms. The molecule has 214 valence electrons. The number of ether oxygens (including phenoxy) is 3. The first-order valence-electron chi connectivity index (χ1n) is 13.9. The van der Waals surface area contributed by atoms with Gasteiger partial charge in [0.25, 0.3) is 0 Å². The van der Waals surface area contributed by atoms with Crippen molar-refractivity contribution in [2.75, 3.05) is 37.8 Å². The quantitative estimate of drug-likeness (QED) is 0.384. The zero-order valence-corrected chi connectivity index (χ0v) is 24.1. The van der Waals surface area contributed by atoms with Crippen molar-refractivity contribution in [1.82, 2.24) is 25.1 Å². The van der Waals surface area contributed by atoms with Crippen molar-refractivity contribution >= 4 is 23.4 Å². The highest BCUT2D eigenvalue weighted by atomic mass is 35.5. The molecular weight excluding hydrogens is 532 g/mol. The fourth-order valence-corrected chi connectivity index (χ4v) is 5.25. The van der Waals surface area contributed by atoms with Gasteiger partial charge in [-0.15, -0.1) is 0 Å². The van der Waals surface area contributed by atoms with Gasteiger partial charge in [-0.3, -0.25) is 0 Å². The standard InChI is InChI=1S/C29H37ClN6O4/c1-29(2,3)40-28(37)34-22-6-4-20(5-7-22)18-39-26-25(31-19-32-27(26)30)21-16-33-36(17-21)24-10-8-23(9-11-24)35-12-14-38-15-13-35/h8-11,16-17,19-20,22H,4-7,12-15,18H2,1-3H3,(H,34,37). The predicted molar refractivity (Wildman–Crippen MR) is 153 cm³/mol. The first-order valence-corrected chi connectivity index (χ1v) is 14.2. The van der Waals surface area contributed by atoms with Crippen LogP contribution in [0.1, 0.15) is 46.5 Å². The highest BCUT2D eigenvalue weighted by molar-refractivity contribution is 6.31. The van der Waals surface area contributed by atoms with Crippen molar-refractivity contribution in [1.29, 1.82) is 0 Å². The minimum absolute atomic E-state index is 0.110. The summed E-state index contributed by atoms with van der Waals surface area (Å²) in [7, 11) is 0. The first-order chi connectivity index (χ1) is 19.2. The van der Waals surface area contributed by atoms with Crippen molar-refractivity contribution in [2.24, 2.45) is 5.92 Å². The summed E-state index contributed by atoms with van der Waals surface area (Å²) in [5.41, 5.74) is 3.02. The van der Waals surface area contributed by atoms with Gasteiger partial charge in [-0.2, -0.15) is 5.10 Å². The van der Waals surface area contributed by atoms with Crippen LogP contribution in [0.5, 0.6) is 5.75 Å². The van der Waals surface area contributed by atoms with Crippen LogP contribution in [0.25, 0.3) is 16.9 Å². The number of halogens is 1. The van der Waals surface area contributed by atoms with Crippen LogP contribution < -0.4 is 15.0 Å². The van der Waals surface area contributed by atoms with Crippen molar-refractivity contribution < 1.29 is 19.0 Å². The van der Waals surface area contributed by atoms with E-state index in [9.17, 15) is 4.79 Å². The molecule has 2 fully saturated rings. The SMILES string of the molecule is CC(C)(C)OC(=O)NC1CCC(COc2c(Cl)ncnc2-c2cnn(-c3ccc(N4CCOCC4)cc3)c2)CC1. The third-order valence-corrected chi connectivity index (χ3v) is 7.41. The molecule has 10 nitrogen and oxygen atoms in total. The van der Waals surface area contributed by atoms with E-state index in [-0.39, 0.29) is 17.3 Å². The van der Waals surface area contributed by atoms with Gasteiger partial charge in [0.15, 0.2) is 10.9 Å². The minimum Gasteiger partial charge on any atom is -0.488 e. The van der Waals surface area contributed by atoms with E-state index >= 15 is 0 Å². The number of rotatable bonds is 7. The van der Waals surface area contributed by atoms with Crippen LogP contribution in [-0.4, -0.2) is 70.4 Å². The Balaban J connectivity index is 1.19. The number of hydrogen-bond acceptors (Lipinski definition) is 8. The van der Waals surface area contributed by atoms with Crippen LogP contribution in [0.2, 0.25) is 5.15 Å². The largest absolute Gasteiger partial charge is 0.488 e. The average Bonchev–Trinajstić information content (AvgIpc) is 3.43. The Morgan fingerprint density at radius 2 is 1.77 bits per heavy atom. The van der Waals surface area contributed by atoms with E-state index in [4.69, 9.17) is 25.8 Å². The average molecular weight is 569 g/mol. The molecule has 0 atom stereocenters. The van der Waals surface area contributed by atoms with Gasteiger partial charge < -0.3 is 24.4 Å². The molecule has 0 spiro atoms. The van der Waals surface area contributed by atoms with Crippen molar-refractivity contribution in [3.05, 3.63) is 48.1 Å². The number of carbonyl (C=O) groups is 1. The molecule has 1 saturated heterocycles. The summed E-state index contributed by atoms with van der Waals surface area (Å²) in [5, 5.41) is 7.82. The molecule has 1 aromatic carbocycles. The fourth-order valence-electron chi connectivity index (χ4n) is 5.06. The Morgan fingerprint density at radius 3 is 2.48 bits per heavy atom. The van der Waals surface area contributed by atoms with Crippen LogP contribution in [0.4, 0.5) is 10.5 Å². The van der Waals surface area contributed by atoms with Crippen molar-refractivity contribution in [3.63, 3.8) is 0 Å². The second-order valence-corrected chi connectivity index (χ2v) is 11.7. The minimum atomic E-state index is -0.506. The van der Waals surface area contributed by atoms with E-state index in [1.807, 2.05) is 31.6 Å². The first kappa shape index (κ1) is 28.2. The molecular formula is C29H37ClN6O4. The number of aromatic nitrogens is 4. The molecule has 2 aromatic heterocycles. The predicted octanol–water partition coefficient (Wildman–Crippen LogP) is 5.28. The lowest BCUT2D eigenvalue weighted by Crippen LogP contribution is -2.41. The Kier molecular flexibility index (Phi) is 8.75. The summed E-state index contributed by atoms with van der Waals surface area (Å²) in [6.07, 6.45) is 8.36. The Labute approximate surface area is 240 Å². The van der Waals surface area contributed by atoms with E-state index in [1.165, 1.54) is 12.0 Å². The second kappa shape index (κ2) is 12.4. The Morgan fingerprint density at radius 1 is 1.07 bits per heavy atom. The molecule has 5 rings (SSSR count). The van der Waals surface area contributed by atoms with Crippen LogP contribution >= 0.6 is 11.6 Å². The number of benzene rings is 1. The lowest BCUT2D eigenvalue weighted by atomic mass is 9.86. The maximum atomic E-state index is 12.1. The molecule has 0 radical (unpaired) electrons. The second-order valence-electron chi connectivity index (χ2n) is 11.3. The number of anilines is 1. The van der Waals surface area contributed by atoms with E-state index in [1.54, 1.807) is 6.20 Å². The molecule has 2 aliphatic rings. The zero-order valence-electron chi connectivity index (χ0n) is 23.3. The molecule has 1 aliphatic carbocycles. The highest BCUT2D eigenvalue weighted by Crippen LogP contribution is 2.35. The third-order valence-electron chi connectivity index (χ3n) is 7.14. The van der Waals surface area contributed by atoms with Gasteiger partial charge in [0, 0.05) is 36.6 Å². The third kappa shape index (κ3) is 7.22. The highest BCUT2D eigenvalue weighted by Gasteiger charge is 2.26. The molecule has 3 heterocycles. The molecule has 3 aromatic rings. The summed E-state index contributed by atoms with van der Waals surface area (Å²) >= 11 is 6.47. The summed E-state index contributed by atoms with van der Waals surface area (Å²) in [6.45, 7) is 9.38. The number of carbonyl (C=O) groups excluding carboxylic acids is 1. The monoisotopic (exact) mass is 568 g/mol. The van der Waals surface area contributed by atoms with Crippen LogP contribution in [0.15, 0.2) is 43.0 Å². The Hall–Kier alpha value is -3.37. The zero-order chi connectivity index (χ0) is 28.1. The van der Waals surface area contributed by atoms with Crippen LogP contribution in [0, 0.1) is 5.92 Å². The normalized spacial score (nSPS) is 19.8. The number of morpholine rings is 1. The maximum Gasteiger partial charge on any atom is 0.407 e. The number of amides is 1. The van der Waals surface area contributed by atoms with Crippen molar-refractivity contribution in [2.45, 2.75) is 58.1 Å². The number of alkyl carbamates (subject to hydrolysis) is 1. The summed E-state index contributed by atoms with van der Waals surface area (Å²) in [5.74, 6) is 0.800. The van der Waals surface area contributed by atoms with E-state index in [0.29, 0.717) is 24.0 Å². The van der Waals surface area contributed by atoms with Gasteiger partial charge in [-0.1, -0.05) is 11.6 Å². The molecule has 1 aliphatic heterocycles. The fraction of sp³-hybridized carbons (Fsp3) is 0.517. The smallest absolute Gasteiger partial charge is 0.407 e. The number of nitrogens with one attached hydrogen (secondary N) is 1. The van der Waals surface area contributed by atoms with E-state index in [2.05, 4.69) is 49.5 Å². The topological polar surface area (TPSA) is 104 Å². The molecule has 1 amide bonds. The Bertz CT molecular complexity index is 1280. The summed E-state index contributed by atoms with van der Waals surface area (Å²) in [4.78, 5) is 23.0. The van der Waals surface area contributed by atoms with Gasteiger partial charge >= 0.3 is 6.09 Å². The van der Waals surface area contributed by atoms with E-state index < -0.39 is 5.60 Å². The lowest BCUT2D eigenvalue weighted by Gasteiger charge is -2.30. The van der Waals surface area contributed by atoms with Crippen LogP contribution in [-0.2, 0) is 9.47 Å². The molecule has 1 saturated carbocycles. The van der Waals surface area contributed by atoms with Crippen LogP contribution in [0.3, 0.4) is 0 Å². The summed E-state index contributed by atoms with van der Waals surface area (Å²) < 4.78 is 18.9. The van der Waals surface area contributed by atoms with Gasteiger partial charge in [0.1, 0.15) is 17.6 Å². The van der Waals surface area contributed by atoms with Gasteiger partial charge in [-0.05, 0) is 76.6 Å². The van der Waals surface area contributed by atoms with Gasteiger partial charge in [0.2, 0.25) is 0 Å². The molecule has 11 heteroatoms. The number of nitrogens with zero attached hydrogens (tertiary/aromatic N) is 5. The van der Waals surface area contributed by atoms with Gasteiger partial charge in [-0.25, -0.2) is 19.4 Å². The molecule has 1 N–H and O–H groups in total. The van der Waals surface area contributed by atoms with E-state index in [0.717, 1.165) is 63.2 Å². The molecule has 0 unspecified atom stereocenters. The molecule has 40 heavy (non-hydrogen) atoms. The number of hydrogen-bond donors (Lipinski definition) is 1. The summed E-state index contributed by atoms with van der Waals surface area (Å²) in [6, 6.07) is 8.44. The van der Waals surface area contributed by atoms with Crippen molar-refractivity contribution in [3.8, 4) is 22.7 Å². The van der Waals surface area contributed by atoms with Gasteiger partial charge in [0.05, 0.1) is 31.7 Å². The lowest BCUT2D eigenvalue weighted by molar-refractivity contribution is 0.0483.